The van der Waals surface area contributed by atoms with Gasteiger partial charge < -0.3 is 19.4 Å². The summed E-state index contributed by atoms with van der Waals surface area (Å²) < 4.78 is 10.8. The summed E-state index contributed by atoms with van der Waals surface area (Å²) in [7, 11) is 1.61. The highest BCUT2D eigenvalue weighted by atomic mass is 16.5. The number of fused-ring (bicyclic) bond motifs is 1. The molecule has 0 radical (unpaired) electrons. The Bertz CT molecular complexity index is 824. The third-order valence-corrected chi connectivity index (χ3v) is 4.79. The lowest BCUT2D eigenvalue weighted by Gasteiger charge is -2.25. The van der Waals surface area contributed by atoms with Crippen molar-refractivity contribution >= 4 is 16.8 Å². The fraction of sp³-hybridized carbons (Fsp3) is 0.500. The van der Waals surface area contributed by atoms with Gasteiger partial charge in [-0.15, -0.1) is 0 Å². The van der Waals surface area contributed by atoms with Crippen LogP contribution in [0.2, 0.25) is 0 Å². The number of amides is 1. The SMILES string of the molecule is CCCCN(Cc1cc2cc(OC)ccc2[nH]c1=O)C(=O)[C@@H]1CCCO1. The van der Waals surface area contributed by atoms with Crippen molar-refractivity contribution in [3.8, 4) is 5.75 Å². The maximum Gasteiger partial charge on any atom is 0.253 e. The molecule has 0 spiro atoms. The number of hydrogen-bond acceptors (Lipinski definition) is 4. The van der Waals surface area contributed by atoms with Gasteiger partial charge in [0.05, 0.1) is 13.7 Å². The van der Waals surface area contributed by atoms with Crippen LogP contribution in [0.5, 0.6) is 5.75 Å². The molecule has 1 fully saturated rings. The number of carbonyl (C=O) groups is 1. The summed E-state index contributed by atoms with van der Waals surface area (Å²) in [5, 5.41) is 0.888. The number of aromatic nitrogens is 1. The molecule has 2 heterocycles. The lowest BCUT2D eigenvalue weighted by Crippen LogP contribution is -2.40. The topological polar surface area (TPSA) is 71.6 Å². The first kappa shape index (κ1) is 18.5. The van der Waals surface area contributed by atoms with Gasteiger partial charge in [0.25, 0.3) is 11.5 Å². The van der Waals surface area contributed by atoms with E-state index in [-0.39, 0.29) is 17.6 Å². The van der Waals surface area contributed by atoms with Gasteiger partial charge in [-0.05, 0) is 43.5 Å². The number of hydrogen-bond donors (Lipinski definition) is 1. The van der Waals surface area contributed by atoms with Gasteiger partial charge in [-0.1, -0.05) is 13.3 Å². The van der Waals surface area contributed by atoms with Crippen LogP contribution in [0.3, 0.4) is 0 Å². The van der Waals surface area contributed by atoms with Gasteiger partial charge in [0.2, 0.25) is 0 Å². The summed E-state index contributed by atoms with van der Waals surface area (Å²) in [5.74, 6) is 0.717. The number of ether oxygens (including phenoxy) is 2. The Balaban J connectivity index is 1.87. The summed E-state index contributed by atoms with van der Waals surface area (Å²) in [6.45, 7) is 3.64. The zero-order chi connectivity index (χ0) is 18.5. The lowest BCUT2D eigenvalue weighted by atomic mass is 10.1. The largest absolute Gasteiger partial charge is 0.497 e. The number of rotatable bonds is 7. The highest BCUT2D eigenvalue weighted by Crippen LogP contribution is 2.20. The molecule has 1 saturated heterocycles. The monoisotopic (exact) mass is 358 g/mol. The van der Waals surface area contributed by atoms with E-state index in [0.717, 1.165) is 42.3 Å². The minimum absolute atomic E-state index is 0.0129. The van der Waals surface area contributed by atoms with E-state index in [1.165, 1.54) is 0 Å². The van der Waals surface area contributed by atoms with E-state index < -0.39 is 0 Å². The van der Waals surface area contributed by atoms with E-state index >= 15 is 0 Å². The molecule has 0 bridgehead atoms. The van der Waals surface area contributed by atoms with Gasteiger partial charge in [0.1, 0.15) is 11.9 Å². The van der Waals surface area contributed by atoms with E-state index in [1.54, 1.807) is 12.0 Å². The first-order chi connectivity index (χ1) is 12.6. The average Bonchev–Trinajstić information content (AvgIpc) is 3.19. The van der Waals surface area contributed by atoms with Crippen molar-refractivity contribution in [2.45, 2.75) is 45.3 Å². The molecule has 6 nitrogen and oxygen atoms in total. The van der Waals surface area contributed by atoms with Gasteiger partial charge in [-0.2, -0.15) is 0 Å². The summed E-state index contributed by atoms with van der Waals surface area (Å²) in [6.07, 6.45) is 3.19. The maximum absolute atomic E-state index is 12.8. The number of carbonyl (C=O) groups excluding carboxylic acids is 1. The molecule has 1 aliphatic heterocycles. The van der Waals surface area contributed by atoms with Crippen molar-refractivity contribution in [1.82, 2.24) is 9.88 Å². The van der Waals surface area contributed by atoms with Crippen LogP contribution in [-0.4, -0.2) is 42.2 Å². The van der Waals surface area contributed by atoms with Crippen LogP contribution in [0.15, 0.2) is 29.1 Å². The van der Waals surface area contributed by atoms with E-state index in [1.807, 2.05) is 24.3 Å². The van der Waals surface area contributed by atoms with Gasteiger partial charge in [0, 0.05) is 29.6 Å². The molecule has 1 aliphatic rings. The van der Waals surface area contributed by atoms with Crippen LogP contribution in [0.1, 0.15) is 38.2 Å². The van der Waals surface area contributed by atoms with E-state index in [0.29, 0.717) is 25.3 Å². The fourth-order valence-electron chi connectivity index (χ4n) is 3.27. The molecule has 0 unspecified atom stereocenters. The smallest absolute Gasteiger partial charge is 0.253 e. The number of aromatic amines is 1. The summed E-state index contributed by atoms with van der Waals surface area (Å²) in [4.78, 5) is 29.9. The minimum atomic E-state index is -0.369. The van der Waals surface area contributed by atoms with Gasteiger partial charge in [0.15, 0.2) is 0 Å². The highest BCUT2D eigenvalue weighted by Gasteiger charge is 2.28. The second-order valence-electron chi connectivity index (χ2n) is 6.69. The molecule has 6 heteroatoms. The molecular formula is C20H26N2O4. The van der Waals surface area contributed by atoms with Crippen molar-refractivity contribution in [1.29, 1.82) is 0 Å². The van der Waals surface area contributed by atoms with Crippen LogP contribution in [0.25, 0.3) is 10.9 Å². The van der Waals surface area contributed by atoms with Crippen LogP contribution in [-0.2, 0) is 16.1 Å². The third-order valence-electron chi connectivity index (χ3n) is 4.79. The average molecular weight is 358 g/mol. The molecular weight excluding hydrogens is 332 g/mol. The number of H-pyrrole nitrogens is 1. The van der Waals surface area contributed by atoms with Crippen LogP contribution < -0.4 is 10.3 Å². The minimum Gasteiger partial charge on any atom is -0.497 e. The second-order valence-corrected chi connectivity index (χ2v) is 6.69. The molecule has 26 heavy (non-hydrogen) atoms. The first-order valence-electron chi connectivity index (χ1n) is 9.22. The predicted octanol–water partition coefficient (Wildman–Crippen LogP) is 2.84. The molecule has 3 rings (SSSR count). The zero-order valence-corrected chi connectivity index (χ0v) is 15.4. The lowest BCUT2D eigenvalue weighted by molar-refractivity contribution is -0.141. The van der Waals surface area contributed by atoms with Crippen molar-refractivity contribution < 1.29 is 14.3 Å². The molecule has 1 aromatic carbocycles. The van der Waals surface area contributed by atoms with Gasteiger partial charge in [-0.25, -0.2) is 0 Å². The summed E-state index contributed by atoms with van der Waals surface area (Å²) >= 11 is 0. The molecule has 2 aromatic rings. The molecule has 1 amide bonds. The molecule has 0 saturated carbocycles. The van der Waals surface area contributed by atoms with Gasteiger partial charge >= 0.3 is 0 Å². The molecule has 0 aliphatic carbocycles. The Morgan fingerprint density at radius 1 is 1.38 bits per heavy atom. The predicted molar refractivity (Wildman–Crippen MR) is 100 cm³/mol. The van der Waals surface area contributed by atoms with Crippen molar-refractivity contribution in [3.05, 3.63) is 40.2 Å². The molecule has 1 N–H and O–H groups in total. The van der Waals surface area contributed by atoms with E-state index in [9.17, 15) is 9.59 Å². The number of nitrogens with one attached hydrogen (secondary N) is 1. The van der Waals surface area contributed by atoms with Crippen LogP contribution in [0, 0.1) is 0 Å². The number of unbranched alkanes of at least 4 members (excludes halogenated alkanes) is 1. The Hall–Kier alpha value is -2.34. The fourth-order valence-corrected chi connectivity index (χ4v) is 3.27. The number of nitrogens with zero attached hydrogens (tertiary/aromatic N) is 1. The van der Waals surface area contributed by atoms with E-state index in [2.05, 4.69) is 11.9 Å². The summed E-state index contributed by atoms with van der Waals surface area (Å²) in [5.41, 5.74) is 1.17. The van der Waals surface area contributed by atoms with Gasteiger partial charge in [-0.3, -0.25) is 9.59 Å². The molecule has 1 aromatic heterocycles. The Kier molecular flexibility index (Phi) is 5.93. The normalized spacial score (nSPS) is 16.8. The standard InChI is InChI=1S/C20H26N2O4/c1-3-4-9-22(20(24)18-6-5-10-26-18)13-15-11-14-12-16(25-2)7-8-17(14)21-19(15)23/h7-8,11-12,18H,3-6,9-10,13H2,1-2H3,(H,21,23)/t18-/m0/s1. The second kappa shape index (κ2) is 8.36. The Labute approximate surface area is 153 Å². The van der Waals surface area contributed by atoms with Crippen molar-refractivity contribution in [2.24, 2.45) is 0 Å². The zero-order valence-electron chi connectivity index (χ0n) is 15.4. The van der Waals surface area contributed by atoms with Crippen molar-refractivity contribution in [3.63, 3.8) is 0 Å². The third kappa shape index (κ3) is 4.07. The van der Waals surface area contributed by atoms with Crippen LogP contribution >= 0.6 is 0 Å². The highest BCUT2D eigenvalue weighted by molar-refractivity contribution is 5.82. The summed E-state index contributed by atoms with van der Waals surface area (Å²) in [6, 6.07) is 7.36. The molecule has 1 atom stereocenters. The quantitative estimate of drug-likeness (QED) is 0.826. The van der Waals surface area contributed by atoms with Crippen molar-refractivity contribution in [2.75, 3.05) is 20.3 Å². The number of benzene rings is 1. The van der Waals surface area contributed by atoms with E-state index in [4.69, 9.17) is 9.47 Å². The molecule has 140 valence electrons. The van der Waals surface area contributed by atoms with Crippen LogP contribution in [0.4, 0.5) is 0 Å². The maximum atomic E-state index is 12.8. The number of pyridine rings is 1. The Morgan fingerprint density at radius 2 is 2.23 bits per heavy atom. The Morgan fingerprint density at radius 3 is 2.92 bits per heavy atom. The number of methoxy groups -OCH3 is 1. The first-order valence-corrected chi connectivity index (χ1v) is 9.22.